The lowest BCUT2D eigenvalue weighted by molar-refractivity contribution is 0.218. The Morgan fingerprint density at radius 2 is 1.89 bits per heavy atom. The molecule has 0 bridgehead atoms. The van der Waals surface area contributed by atoms with Crippen molar-refractivity contribution in [2.24, 2.45) is 0 Å². The van der Waals surface area contributed by atoms with Gasteiger partial charge in [-0.3, -0.25) is 4.90 Å². The van der Waals surface area contributed by atoms with E-state index in [9.17, 15) is 0 Å². The maximum atomic E-state index is 6.07. The molecule has 1 aliphatic heterocycles. The van der Waals surface area contributed by atoms with Crippen LogP contribution >= 0.6 is 11.3 Å². The fourth-order valence-electron chi connectivity index (χ4n) is 3.49. The molecule has 0 saturated carbocycles. The van der Waals surface area contributed by atoms with Crippen LogP contribution in [-0.2, 0) is 13.1 Å². The molecule has 1 aliphatic rings. The van der Waals surface area contributed by atoms with Crippen LogP contribution < -0.4 is 14.2 Å². The molecule has 0 spiro atoms. The molecule has 140 valence electrons. The first kappa shape index (κ1) is 17.9. The molecule has 2 heterocycles. The van der Waals surface area contributed by atoms with E-state index >= 15 is 0 Å². The Morgan fingerprint density at radius 1 is 1.04 bits per heavy atom. The molecule has 3 aromatic rings. The largest absolute Gasteiger partial charge is 0.496 e. The second-order valence-electron chi connectivity index (χ2n) is 6.51. The van der Waals surface area contributed by atoms with E-state index < -0.39 is 0 Å². The first-order valence-corrected chi connectivity index (χ1v) is 9.88. The van der Waals surface area contributed by atoms with Crippen LogP contribution in [0.3, 0.4) is 0 Å². The van der Waals surface area contributed by atoms with Crippen molar-refractivity contribution in [2.45, 2.75) is 13.1 Å². The van der Waals surface area contributed by atoms with Crippen molar-refractivity contribution in [2.75, 3.05) is 27.4 Å². The Balaban J connectivity index is 1.72. The average molecular weight is 381 g/mol. The van der Waals surface area contributed by atoms with Gasteiger partial charge in [0.05, 0.1) is 14.2 Å². The van der Waals surface area contributed by atoms with Crippen molar-refractivity contribution >= 4 is 11.3 Å². The van der Waals surface area contributed by atoms with Gasteiger partial charge < -0.3 is 14.2 Å². The van der Waals surface area contributed by atoms with Gasteiger partial charge in [-0.05, 0) is 35.2 Å². The number of hydrogen-bond acceptors (Lipinski definition) is 5. The third kappa shape index (κ3) is 3.80. The maximum Gasteiger partial charge on any atom is 0.165 e. The van der Waals surface area contributed by atoms with Gasteiger partial charge in [-0.15, -0.1) is 11.3 Å². The topological polar surface area (TPSA) is 30.9 Å². The monoisotopic (exact) mass is 381 g/mol. The van der Waals surface area contributed by atoms with Crippen LogP contribution in [0.25, 0.3) is 11.1 Å². The van der Waals surface area contributed by atoms with E-state index in [1.807, 2.05) is 24.3 Å². The van der Waals surface area contributed by atoms with Crippen LogP contribution in [0, 0.1) is 0 Å². The van der Waals surface area contributed by atoms with Crippen LogP contribution in [0.5, 0.6) is 17.2 Å². The molecular formula is C22H23NO3S. The van der Waals surface area contributed by atoms with Gasteiger partial charge in [-0.25, -0.2) is 0 Å². The number of para-hydroxylation sites is 1. The van der Waals surface area contributed by atoms with Gasteiger partial charge in [-0.1, -0.05) is 24.3 Å². The Hall–Kier alpha value is -2.50. The Morgan fingerprint density at radius 3 is 2.67 bits per heavy atom. The van der Waals surface area contributed by atoms with Gasteiger partial charge in [0.1, 0.15) is 12.4 Å². The summed E-state index contributed by atoms with van der Waals surface area (Å²) in [5, 5.41) is 2.13. The van der Waals surface area contributed by atoms with Crippen molar-refractivity contribution in [3.05, 3.63) is 64.4 Å². The number of ether oxygens (including phenoxy) is 3. The third-order valence-corrected chi connectivity index (χ3v) is 5.64. The molecule has 0 radical (unpaired) electrons. The summed E-state index contributed by atoms with van der Waals surface area (Å²) in [7, 11) is 3.39. The first-order chi connectivity index (χ1) is 13.3. The number of thiophene rings is 1. The van der Waals surface area contributed by atoms with Crippen LogP contribution in [0.1, 0.15) is 10.4 Å². The molecule has 4 nitrogen and oxygen atoms in total. The predicted octanol–water partition coefficient (Wildman–Crippen LogP) is 4.83. The Labute approximate surface area is 163 Å². The molecule has 0 atom stereocenters. The highest BCUT2D eigenvalue weighted by molar-refractivity contribution is 7.09. The summed E-state index contributed by atoms with van der Waals surface area (Å²) in [5.41, 5.74) is 3.27. The lowest BCUT2D eigenvalue weighted by atomic mass is 10.0. The lowest BCUT2D eigenvalue weighted by Gasteiger charge is -2.19. The Bertz CT molecular complexity index is 908. The van der Waals surface area contributed by atoms with E-state index in [1.165, 1.54) is 4.88 Å². The van der Waals surface area contributed by atoms with Crippen LogP contribution in [0.4, 0.5) is 0 Å². The minimum Gasteiger partial charge on any atom is -0.496 e. The molecule has 0 aliphatic carbocycles. The molecule has 0 saturated heterocycles. The number of fused-ring (bicyclic) bond motifs is 1. The fourth-order valence-corrected chi connectivity index (χ4v) is 4.23. The van der Waals surface area contributed by atoms with E-state index in [1.54, 1.807) is 25.6 Å². The molecular weight excluding hydrogens is 358 g/mol. The summed E-state index contributed by atoms with van der Waals surface area (Å²) < 4.78 is 17.3. The molecule has 2 aromatic carbocycles. The predicted molar refractivity (Wildman–Crippen MR) is 109 cm³/mol. The van der Waals surface area contributed by atoms with E-state index in [2.05, 4.69) is 34.5 Å². The first-order valence-electron chi connectivity index (χ1n) is 9.00. The third-order valence-electron chi connectivity index (χ3n) is 4.78. The summed E-state index contributed by atoms with van der Waals surface area (Å²) in [5.74, 6) is 2.47. The second-order valence-corrected chi connectivity index (χ2v) is 7.54. The average Bonchev–Trinajstić information content (AvgIpc) is 3.12. The number of methoxy groups -OCH3 is 2. The van der Waals surface area contributed by atoms with Crippen LogP contribution in [0.15, 0.2) is 53.9 Å². The Kier molecular flexibility index (Phi) is 5.32. The summed E-state index contributed by atoms with van der Waals surface area (Å²) >= 11 is 1.79. The van der Waals surface area contributed by atoms with Crippen molar-refractivity contribution in [3.8, 4) is 28.4 Å². The molecule has 0 unspecified atom stereocenters. The summed E-state index contributed by atoms with van der Waals surface area (Å²) in [6.07, 6.45) is 0. The van der Waals surface area contributed by atoms with E-state index in [0.717, 1.165) is 53.6 Å². The summed E-state index contributed by atoms with van der Waals surface area (Å²) in [6, 6.07) is 16.6. The normalized spacial score (nSPS) is 14.1. The molecule has 1 aromatic heterocycles. The molecule has 0 fully saturated rings. The van der Waals surface area contributed by atoms with Crippen molar-refractivity contribution in [1.29, 1.82) is 0 Å². The van der Waals surface area contributed by atoms with Gasteiger partial charge in [0.2, 0.25) is 0 Å². The summed E-state index contributed by atoms with van der Waals surface area (Å²) in [6.45, 7) is 3.30. The number of hydrogen-bond donors (Lipinski definition) is 0. The second kappa shape index (κ2) is 8.03. The number of benzene rings is 2. The van der Waals surface area contributed by atoms with Crippen LogP contribution in [-0.4, -0.2) is 32.3 Å². The van der Waals surface area contributed by atoms with Gasteiger partial charge in [0.25, 0.3) is 0 Å². The molecule has 5 heteroatoms. The van der Waals surface area contributed by atoms with Gasteiger partial charge in [0.15, 0.2) is 11.5 Å². The van der Waals surface area contributed by atoms with E-state index in [4.69, 9.17) is 14.2 Å². The quantitative estimate of drug-likeness (QED) is 0.634. The van der Waals surface area contributed by atoms with Crippen molar-refractivity contribution < 1.29 is 14.2 Å². The maximum absolute atomic E-state index is 6.07. The zero-order valence-corrected chi connectivity index (χ0v) is 16.4. The minimum atomic E-state index is 0.655. The zero-order valence-electron chi connectivity index (χ0n) is 15.6. The summed E-state index contributed by atoms with van der Waals surface area (Å²) in [4.78, 5) is 3.79. The number of nitrogens with zero attached hydrogens (tertiary/aromatic N) is 1. The highest BCUT2D eigenvalue weighted by atomic mass is 32.1. The molecule has 0 amide bonds. The highest BCUT2D eigenvalue weighted by Gasteiger charge is 2.21. The standard InChI is InChI=1S/C22H23NO3S/c1-24-20-8-4-3-7-19(20)16-12-17-14-23(15-18-6-5-11-27-18)9-10-26-22(17)21(13-16)25-2/h3-8,11-13H,9-10,14-15H2,1-2H3. The molecule has 27 heavy (non-hydrogen) atoms. The minimum absolute atomic E-state index is 0.655. The number of rotatable bonds is 5. The van der Waals surface area contributed by atoms with E-state index in [-0.39, 0.29) is 0 Å². The molecule has 4 rings (SSSR count). The molecule has 0 N–H and O–H groups in total. The highest BCUT2D eigenvalue weighted by Crippen LogP contribution is 2.40. The smallest absolute Gasteiger partial charge is 0.165 e. The van der Waals surface area contributed by atoms with E-state index in [0.29, 0.717) is 6.61 Å². The van der Waals surface area contributed by atoms with Gasteiger partial charge >= 0.3 is 0 Å². The fraction of sp³-hybridized carbons (Fsp3) is 0.273. The van der Waals surface area contributed by atoms with Crippen molar-refractivity contribution in [3.63, 3.8) is 0 Å². The van der Waals surface area contributed by atoms with Crippen molar-refractivity contribution in [1.82, 2.24) is 4.90 Å². The lowest BCUT2D eigenvalue weighted by Crippen LogP contribution is -2.24. The van der Waals surface area contributed by atoms with Gasteiger partial charge in [-0.2, -0.15) is 0 Å². The SMILES string of the molecule is COc1ccccc1-c1cc2c(c(OC)c1)OCCN(Cc1cccs1)C2. The van der Waals surface area contributed by atoms with Crippen LogP contribution in [0.2, 0.25) is 0 Å². The zero-order chi connectivity index (χ0) is 18.6. The van der Waals surface area contributed by atoms with Gasteiger partial charge in [0, 0.05) is 35.6 Å².